The van der Waals surface area contributed by atoms with E-state index < -0.39 is 0 Å². The van der Waals surface area contributed by atoms with Gasteiger partial charge in [0.15, 0.2) is 5.78 Å². The maximum atomic E-state index is 12.4. The Bertz CT molecular complexity index is 633. The van der Waals surface area contributed by atoms with Crippen molar-refractivity contribution >= 4 is 5.78 Å². The largest absolute Gasteiger partial charge is 0.303 e. The summed E-state index contributed by atoms with van der Waals surface area (Å²) >= 11 is 0. The SMILES string of the molecule is CC1CCCN(CCC(=O)c2ccc(-c3ccccc3)cc2)C1. The summed E-state index contributed by atoms with van der Waals surface area (Å²) < 4.78 is 0. The summed E-state index contributed by atoms with van der Waals surface area (Å²) in [4.78, 5) is 14.8. The highest BCUT2D eigenvalue weighted by Crippen LogP contribution is 2.20. The zero-order valence-electron chi connectivity index (χ0n) is 13.9. The molecule has 1 heterocycles. The lowest BCUT2D eigenvalue weighted by molar-refractivity contribution is 0.0949. The molecule has 1 atom stereocenters. The standard InChI is InChI=1S/C21H25NO/c1-17-6-5-14-22(16-17)15-13-21(23)20-11-9-19(10-12-20)18-7-3-2-4-8-18/h2-4,7-12,17H,5-6,13-16H2,1H3. The maximum absolute atomic E-state index is 12.4. The number of Topliss-reactive ketones (excluding diaryl/α,β-unsaturated/α-hetero) is 1. The van der Waals surface area contributed by atoms with Crippen molar-refractivity contribution in [3.8, 4) is 11.1 Å². The average Bonchev–Trinajstić information content (AvgIpc) is 2.61. The third-order valence-electron chi connectivity index (χ3n) is 4.71. The van der Waals surface area contributed by atoms with Crippen LogP contribution in [0.2, 0.25) is 0 Å². The minimum absolute atomic E-state index is 0.253. The second-order valence-corrected chi connectivity index (χ2v) is 6.66. The van der Waals surface area contributed by atoms with Crippen LogP contribution in [0.1, 0.15) is 36.5 Å². The number of hydrogen-bond donors (Lipinski definition) is 0. The monoisotopic (exact) mass is 307 g/mol. The summed E-state index contributed by atoms with van der Waals surface area (Å²) in [6, 6.07) is 18.3. The topological polar surface area (TPSA) is 20.3 Å². The summed E-state index contributed by atoms with van der Waals surface area (Å²) in [5.41, 5.74) is 3.18. The molecule has 1 aliphatic rings. The summed E-state index contributed by atoms with van der Waals surface area (Å²) in [6.07, 6.45) is 3.21. The first-order valence-corrected chi connectivity index (χ1v) is 8.63. The minimum atomic E-state index is 0.253. The lowest BCUT2D eigenvalue weighted by Gasteiger charge is -2.30. The molecule has 0 aromatic heterocycles. The second-order valence-electron chi connectivity index (χ2n) is 6.66. The van der Waals surface area contributed by atoms with Crippen molar-refractivity contribution in [2.45, 2.75) is 26.2 Å². The predicted molar refractivity (Wildman–Crippen MR) is 95.7 cm³/mol. The zero-order valence-corrected chi connectivity index (χ0v) is 13.9. The molecule has 0 radical (unpaired) electrons. The van der Waals surface area contributed by atoms with E-state index in [4.69, 9.17) is 0 Å². The van der Waals surface area contributed by atoms with Gasteiger partial charge in [0.05, 0.1) is 0 Å². The fourth-order valence-corrected chi connectivity index (χ4v) is 3.37. The third kappa shape index (κ3) is 4.29. The maximum Gasteiger partial charge on any atom is 0.164 e. The molecule has 23 heavy (non-hydrogen) atoms. The van der Waals surface area contributed by atoms with Gasteiger partial charge in [-0.3, -0.25) is 4.79 Å². The van der Waals surface area contributed by atoms with E-state index in [1.165, 1.54) is 18.4 Å². The highest BCUT2D eigenvalue weighted by molar-refractivity contribution is 5.96. The summed E-state index contributed by atoms with van der Waals surface area (Å²) in [6.45, 7) is 5.48. The van der Waals surface area contributed by atoms with Gasteiger partial charge < -0.3 is 4.90 Å². The lowest BCUT2D eigenvalue weighted by atomic mass is 9.99. The lowest BCUT2D eigenvalue weighted by Crippen LogP contribution is -2.35. The van der Waals surface area contributed by atoms with Gasteiger partial charge in [-0.15, -0.1) is 0 Å². The number of carbonyl (C=O) groups excluding carboxylic acids is 1. The third-order valence-corrected chi connectivity index (χ3v) is 4.71. The van der Waals surface area contributed by atoms with Crippen LogP contribution < -0.4 is 0 Å². The van der Waals surface area contributed by atoms with Crippen LogP contribution in [0.15, 0.2) is 54.6 Å². The quantitative estimate of drug-likeness (QED) is 0.749. The first-order chi connectivity index (χ1) is 11.2. The fourth-order valence-electron chi connectivity index (χ4n) is 3.37. The number of likely N-dealkylation sites (tertiary alicyclic amines) is 1. The second kappa shape index (κ2) is 7.56. The van der Waals surface area contributed by atoms with E-state index in [2.05, 4.69) is 24.0 Å². The zero-order chi connectivity index (χ0) is 16.1. The Kier molecular flexibility index (Phi) is 5.24. The number of ketones is 1. The Morgan fingerprint density at radius 2 is 1.74 bits per heavy atom. The summed E-state index contributed by atoms with van der Waals surface area (Å²) in [5.74, 6) is 1.02. The molecule has 1 saturated heterocycles. The van der Waals surface area contributed by atoms with Crippen molar-refractivity contribution in [3.63, 3.8) is 0 Å². The number of benzene rings is 2. The average molecular weight is 307 g/mol. The number of carbonyl (C=O) groups is 1. The van der Waals surface area contributed by atoms with Crippen LogP contribution in [0.3, 0.4) is 0 Å². The summed E-state index contributed by atoms with van der Waals surface area (Å²) in [7, 11) is 0. The molecular formula is C21H25NO. The van der Waals surface area contributed by atoms with E-state index in [1.807, 2.05) is 42.5 Å². The van der Waals surface area contributed by atoms with Crippen molar-refractivity contribution in [1.82, 2.24) is 4.90 Å². The van der Waals surface area contributed by atoms with Gasteiger partial charge in [0.1, 0.15) is 0 Å². The molecule has 0 bridgehead atoms. The van der Waals surface area contributed by atoms with Gasteiger partial charge in [0, 0.05) is 25.1 Å². The van der Waals surface area contributed by atoms with E-state index in [0.29, 0.717) is 6.42 Å². The predicted octanol–water partition coefficient (Wildman–Crippen LogP) is 4.66. The molecule has 0 aliphatic carbocycles. The Morgan fingerprint density at radius 1 is 1.04 bits per heavy atom. The Labute approximate surface area is 139 Å². The normalized spacial score (nSPS) is 18.7. The van der Waals surface area contributed by atoms with Gasteiger partial charge in [0.2, 0.25) is 0 Å². The van der Waals surface area contributed by atoms with Crippen LogP contribution >= 0.6 is 0 Å². The first kappa shape index (κ1) is 15.9. The molecule has 0 spiro atoms. The van der Waals surface area contributed by atoms with Gasteiger partial charge in [-0.1, -0.05) is 61.5 Å². The fraction of sp³-hybridized carbons (Fsp3) is 0.381. The molecule has 0 amide bonds. The van der Waals surface area contributed by atoms with Crippen molar-refractivity contribution in [2.24, 2.45) is 5.92 Å². The molecule has 2 nitrogen and oxygen atoms in total. The van der Waals surface area contributed by atoms with Gasteiger partial charge in [-0.05, 0) is 36.4 Å². The molecule has 1 fully saturated rings. The molecular weight excluding hydrogens is 282 g/mol. The van der Waals surface area contributed by atoms with Crippen LogP contribution in [-0.2, 0) is 0 Å². The smallest absolute Gasteiger partial charge is 0.164 e. The molecule has 1 aliphatic heterocycles. The van der Waals surface area contributed by atoms with Gasteiger partial charge in [-0.25, -0.2) is 0 Å². The van der Waals surface area contributed by atoms with E-state index in [-0.39, 0.29) is 5.78 Å². The van der Waals surface area contributed by atoms with Gasteiger partial charge in [-0.2, -0.15) is 0 Å². The van der Waals surface area contributed by atoms with Crippen LogP contribution in [0.5, 0.6) is 0 Å². The summed E-state index contributed by atoms with van der Waals surface area (Å²) in [5, 5.41) is 0. The molecule has 1 unspecified atom stereocenters. The number of rotatable bonds is 5. The van der Waals surface area contributed by atoms with Crippen molar-refractivity contribution in [3.05, 3.63) is 60.2 Å². The molecule has 2 aromatic carbocycles. The van der Waals surface area contributed by atoms with Crippen LogP contribution in [-0.4, -0.2) is 30.3 Å². The van der Waals surface area contributed by atoms with E-state index in [0.717, 1.165) is 36.7 Å². The van der Waals surface area contributed by atoms with Gasteiger partial charge in [0.25, 0.3) is 0 Å². The Morgan fingerprint density at radius 3 is 2.43 bits per heavy atom. The molecule has 2 heteroatoms. The molecule has 120 valence electrons. The van der Waals surface area contributed by atoms with Crippen molar-refractivity contribution in [1.29, 1.82) is 0 Å². The highest BCUT2D eigenvalue weighted by Gasteiger charge is 2.17. The first-order valence-electron chi connectivity index (χ1n) is 8.63. The molecule has 3 rings (SSSR count). The van der Waals surface area contributed by atoms with Gasteiger partial charge >= 0.3 is 0 Å². The molecule has 0 saturated carbocycles. The molecule has 0 N–H and O–H groups in total. The van der Waals surface area contributed by atoms with Crippen LogP contribution in [0, 0.1) is 5.92 Å². The van der Waals surface area contributed by atoms with E-state index in [1.54, 1.807) is 0 Å². The van der Waals surface area contributed by atoms with Crippen LogP contribution in [0.4, 0.5) is 0 Å². The number of nitrogens with zero attached hydrogens (tertiary/aromatic N) is 1. The highest BCUT2D eigenvalue weighted by atomic mass is 16.1. The number of piperidine rings is 1. The van der Waals surface area contributed by atoms with Crippen molar-refractivity contribution in [2.75, 3.05) is 19.6 Å². The van der Waals surface area contributed by atoms with E-state index in [9.17, 15) is 4.79 Å². The molecule has 2 aromatic rings. The Balaban J connectivity index is 1.57. The number of hydrogen-bond acceptors (Lipinski definition) is 2. The minimum Gasteiger partial charge on any atom is -0.303 e. The van der Waals surface area contributed by atoms with Crippen LogP contribution in [0.25, 0.3) is 11.1 Å². The van der Waals surface area contributed by atoms with E-state index >= 15 is 0 Å². The van der Waals surface area contributed by atoms with Crippen molar-refractivity contribution < 1.29 is 4.79 Å². The Hall–Kier alpha value is -1.93.